The summed E-state index contributed by atoms with van der Waals surface area (Å²) in [6, 6.07) is 0. The van der Waals surface area contributed by atoms with Gasteiger partial charge in [0.1, 0.15) is 0 Å². The molecule has 0 heterocycles. The van der Waals surface area contributed by atoms with E-state index in [2.05, 4.69) is 0 Å². The molecule has 0 aliphatic heterocycles. The van der Waals surface area contributed by atoms with Crippen molar-refractivity contribution in [2.24, 2.45) is 5.92 Å². The van der Waals surface area contributed by atoms with Crippen molar-refractivity contribution in [3.05, 3.63) is 0 Å². The van der Waals surface area contributed by atoms with E-state index in [4.69, 9.17) is 0 Å². The Morgan fingerprint density at radius 1 is 0.560 bits per heavy atom. The highest BCUT2D eigenvalue weighted by molar-refractivity contribution is 14.1. The Labute approximate surface area is 149 Å². The van der Waals surface area contributed by atoms with Crippen LogP contribution in [0, 0.1) is 5.92 Å². The van der Waals surface area contributed by atoms with E-state index in [0.29, 0.717) is 19.3 Å². The molecule has 0 aromatic carbocycles. The second kappa shape index (κ2) is 7.17. The molecule has 2 atom stereocenters. The van der Waals surface area contributed by atoms with E-state index in [9.17, 15) is 48.3 Å². The third-order valence-corrected chi connectivity index (χ3v) is 5.70. The Morgan fingerprint density at radius 3 is 1.44 bits per heavy atom. The molecule has 1 aliphatic rings. The van der Waals surface area contributed by atoms with Crippen molar-refractivity contribution in [2.45, 2.75) is 72.3 Å². The summed E-state index contributed by atoms with van der Waals surface area (Å²) in [6.45, 7) is 0. The fraction of sp³-hybridized carbons (Fsp3) is 1.00. The van der Waals surface area contributed by atoms with Gasteiger partial charge in [-0.15, -0.1) is 0 Å². The van der Waals surface area contributed by atoms with E-state index in [1.165, 1.54) is 22.6 Å². The van der Waals surface area contributed by atoms with Gasteiger partial charge in [0.2, 0.25) is 0 Å². The zero-order valence-electron chi connectivity index (χ0n) is 12.4. The molecule has 0 spiro atoms. The summed E-state index contributed by atoms with van der Waals surface area (Å²) in [6.07, 6.45) is -6.62. The topological polar surface area (TPSA) is 0 Å². The van der Waals surface area contributed by atoms with Crippen LogP contribution < -0.4 is 0 Å². The highest BCUT2D eigenvalue weighted by atomic mass is 127. The lowest BCUT2D eigenvalue weighted by Crippen LogP contribution is -2.68. The largest absolute Gasteiger partial charge is 0.460 e. The average Bonchev–Trinajstić information content (AvgIpc) is 2.40. The zero-order chi connectivity index (χ0) is 19.9. The van der Waals surface area contributed by atoms with Crippen LogP contribution in [0.1, 0.15) is 38.5 Å². The average molecular weight is 506 g/mol. The van der Waals surface area contributed by atoms with E-state index >= 15 is 0 Å². The summed E-state index contributed by atoms with van der Waals surface area (Å²) in [5, 5.41) is 0. The van der Waals surface area contributed by atoms with Gasteiger partial charge in [0.05, 0.1) is 0 Å². The van der Waals surface area contributed by atoms with Gasteiger partial charge >= 0.3 is 29.9 Å². The lowest BCUT2D eigenvalue weighted by atomic mass is 9.81. The summed E-state index contributed by atoms with van der Waals surface area (Å²) in [7, 11) is 0. The van der Waals surface area contributed by atoms with Crippen LogP contribution in [-0.2, 0) is 0 Å². The molecule has 0 saturated heterocycles. The molecular formula is C13H14F11I. The van der Waals surface area contributed by atoms with Gasteiger partial charge in [-0.1, -0.05) is 48.3 Å². The maximum atomic E-state index is 14.1. The van der Waals surface area contributed by atoms with Crippen LogP contribution >= 0.6 is 22.6 Å². The number of rotatable bonds is 4. The van der Waals surface area contributed by atoms with Crippen LogP contribution in [0.4, 0.5) is 48.3 Å². The minimum atomic E-state index is -7.31. The van der Waals surface area contributed by atoms with Crippen molar-refractivity contribution in [3.63, 3.8) is 0 Å². The van der Waals surface area contributed by atoms with Crippen LogP contribution in [0.15, 0.2) is 0 Å². The van der Waals surface area contributed by atoms with Gasteiger partial charge in [0.15, 0.2) is 0 Å². The third kappa shape index (κ3) is 3.83. The van der Waals surface area contributed by atoms with Crippen molar-refractivity contribution in [3.8, 4) is 0 Å². The first-order valence-electron chi connectivity index (χ1n) is 7.24. The molecular weight excluding hydrogens is 492 g/mol. The smallest absolute Gasteiger partial charge is 0.199 e. The van der Waals surface area contributed by atoms with Gasteiger partial charge in [0.25, 0.3) is 0 Å². The van der Waals surface area contributed by atoms with E-state index in [-0.39, 0.29) is 12.8 Å². The molecule has 0 nitrogen and oxygen atoms in total. The van der Waals surface area contributed by atoms with Crippen molar-refractivity contribution in [1.82, 2.24) is 0 Å². The van der Waals surface area contributed by atoms with Crippen LogP contribution in [-0.4, -0.2) is 33.8 Å². The first kappa shape index (κ1) is 23.0. The Balaban J connectivity index is 3.32. The SMILES string of the molecule is FC(F)(F)C(F)(F)C(F)(F)C(F)(F)C(F)(F)C1CCCCCCC1I. The summed E-state index contributed by atoms with van der Waals surface area (Å²) in [5.74, 6) is -29.7. The van der Waals surface area contributed by atoms with Gasteiger partial charge in [-0.25, -0.2) is 0 Å². The predicted molar refractivity (Wildman–Crippen MR) is 74.8 cm³/mol. The van der Waals surface area contributed by atoms with E-state index in [1.807, 2.05) is 0 Å². The molecule has 1 rings (SSSR count). The molecule has 25 heavy (non-hydrogen) atoms. The molecule has 1 aliphatic carbocycles. The fourth-order valence-electron chi connectivity index (χ4n) is 2.66. The lowest BCUT2D eigenvalue weighted by Gasteiger charge is -2.41. The van der Waals surface area contributed by atoms with Crippen LogP contribution in [0.2, 0.25) is 0 Å². The molecule has 12 heteroatoms. The van der Waals surface area contributed by atoms with Crippen molar-refractivity contribution in [2.75, 3.05) is 0 Å². The molecule has 0 radical (unpaired) electrons. The molecule has 2 unspecified atom stereocenters. The van der Waals surface area contributed by atoms with Crippen LogP contribution in [0.25, 0.3) is 0 Å². The van der Waals surface area contributed by atoms with E-state index in [0.717, 1.165) is 0 Å². The minimum absolute atomic E-state index is 0.0446. The first-order chi connectivity index (χ1) is 11.0. The number of hydrogen-bond acceptors (Lipinski definition) is 0. The monoisotopic (exact) mass is 506 g/mol. The van der Waals surface area contributed by atoms with Crippen LogP contribution in [0.3, 0.4) is 0 Å². The van der Waals surface area contributed by atoms with Crippen molar-refractivity contribution < 1.29 is 48.3 Å². The Hall–Kier alpha value is -0.0400. The molecule has 0 amide bonds. The summed E-state index contributed by atoms with van der Waals surface area (Å²) in [5.41, 5.74) is 0. The van der Waals surface area contributed by atoms with Crippen LogP contribution in [0.5, 0.6) is 0 Å². The van der Waals surface area contributed by atoms with E-state index in [1.54, 1.807) is 0 Å². The first-order valence-corrected chi connectivity index (χ1v) is 8.48. The highest BCUT2D eigenvalue weighted by Gasteiger charge is 2.87. The predicted octanol–water partition coefficient (Wildman–Crippen LogP) is 6.86. The lowest BCUT2D eigenvalue weighted by molar-refractivity contribution is -0.426. The van der Waals surface area contributed by atoms with E-state index < -0.39 is 46.1 Å². The maximum absolute atomic E-state index is 14.1. The summed E-state index contributed by atoms with van der Waals surface area (Å²) < 4.78 is 143. The standard InChI is InChI=1S/C13H14F11I/c14-9(15,7-5-3-1-2-4-6-8(7)25)10(16,17)11(18,19)12(20,21)13(22,23)24/h7-8H,1-6H2. The van der Waals surface area contributed by atoms with Gasteiger partial charge in [-0.05, 0) is 12.8 Å². The van der Waals surface area contributed by atoms with Gasteiger partial charge in [-0.2, -0.15) is 48.3 Å². The number of hydrogen-bond donors (Lipinski definition) is 0. The maximum Gasteiger partial charge on any atom is 0.460 e. The third-order valence-electron chi connectivity index (χ3n) is 4.21. The molecule has 0 aromatic rings. The fourth-order valence-corrected chi connectivity index (χ4v) is 3.92. The molecule has 0 bridgehead atoms. The van der Waals surface area contributed by atoms with Gasteiger partial charge < -0.3 is 0 Å². The normalized spacial score (nSPS) is 25.4. The quantitative estimate of drug-likeness (QED) is 0.222. The Morgan fingerprint density at radius 2 is 1.00 bits per heavy atom. The summed E-state index contributed by atoms with van der Waals surface area (Å²) in [4.78, 5) is 0. The van der Waals surface area contributed by atoms with Crippen molar-refractivity contribution in [1.29, 1.82) is 0 Å². The van der Waals surface area contributed by atoms with Gasteiger partial charge in [0, 0.05) is 9.84 Å². The second-order valence-electron chi connectivity index (χ2n) is 5.96. The number of alkyl halides is 12. The Bertz CT molecular complexity index is 457. The molecule has 0 aromatic heterocycles. The second-order valence-corrected chi connectivity index (χ2v) is 7.56. The molecule has 1 fully saturated rings. The minimum Gasteiger partial charge on any atom is -0.199 e. The highest BCUT2D eigenvalue weighted by Crippen LogP contribution is 2.60. The molecule has 1 saturated carbocycles. The Kier molecular flexibility index (Phi) is 6.60. The molecule has 150 valence electrons. The van der Waals surface area contributed by atoms with Gasteiger partial charge in [-0.3, -0.25) is 0 Å². The zero-order valence-corrected chi connectivity index (χ0v) is 14.6. The number of halogens is 12. The summed E-state index contributed by atoms with van der Waals surface area (Å²) >= 11 is 1.32. The van der Waals surface area contributed by atoms with Crippen molar-refractivity contribution >= 4 is 22.6 Å². The molecule has 0 N–H and O–H groups in total.